The van der Waals surface area contributed by atoms with Crippen LogP contribution in [0.4, 0.5) is 5.69 Å². The normalized spacial score (nSPS) is 14.8. The van der Waals surface area contributed by atoms with E-state index in [-0.39, 0.29) is 36.4 Å². The van der Waals surface area contributed by atoms with Crippen molar-refractivity contribution < 1.29 is 23.8 Å². The summed E-state index contributed by atoms with van der Waals surface area (Å²) < 4.78 is 5.54. The molecule has 0 N–H and O–H groups in total. The van der Waals surface area contributed by atoms with Gasteiger partial charge < -0.3 is 9.42 Å². The predicted octanol–water partition coefficient (Wildman–Crippen LogP) is 3.86. The second-order valence-corrected chi connectivity index (χ2v) is 8.77. The number of carbonyl (C=O) groups is 3. The number of nitrogens with zero attached hydrogens (tertiary/aromatic N) is 4. The molecular formula is C24H19ClN4O6. The predicted molar refractivity (Wildman–Crippen MR) is 124 cm³/mol. The van der Waals surface area contributed by atoms with E-state index in [1.165, 1.54) is 18.2 Å². The molecule has 2 aliphatic rings. The minimum atomic E-state index is -0.704. The molecule has 2 aromatic carbocycles. The van der Waals surface area contributed by atoms with Crippen molar-refractivity contribution in [3.05, 3.63) is 80.0 Å². The number of amides is 3. The molecule has 178 valence electrons. The van der Waals surface area contributed by atoms with Gasteiger partial charge in [-0.2, -0.15) is 0 Å². The van der Waals surface area contributed by atoms with Gasteiger partial charge >= 0.3 is 0 Å². The first-order valence-corrected chi connectivity index (χ1v) is 11.4. The van der Waals surface area contributed by atoms with Gasteiger partial charge in [-0.15, -0.1) is 0 Å². The lowest BCUT2D eigenvalue weighted by Crippen LogP contribution is -2.37. The van der Waals surface area contributed by atoms with Gasteiger partial charge in [0, 0.05) is 48.1 Å². The van der Waals surface area contributed by atoms with E-state index < -0.39 is 22.4 Å². The third-order valence-electron chi connectivity index (χ3n) is 6.24. The molecule has 5 rings (SSSR count). The Kier molecular flexibility index (Phi) is 5.81. The molecule has 0 aliphatic carbocycles. The van der Waals surface area contributed by atoms with Crippen LogP contribution in [-0.4, -0.2) is 50.7 Å². The van der Waals surface area contributed by atoms with Crippen molar-refractivity contribution in [2.45, 2.75) is 25.8 Å². The Labute approximate surface area is 204 Å². The highest BCUT2D eigenvalue weighted by Crippen LogP contribution is 2.32. The molecular weight excluding hydrogens is 476 g/mol. The highest BCUT2D eigenvalue weighted by atomic mass is 35.5. The Morgan fingerprint density at radius 2 is 1.91 bits per heavy atom. The van der Waals surface area contributed by atoms with Gasteiger partial charge in [0.25, 0.3) is 17.5 Å². The van der Waals surface area contributed by atoms with Crippen LogP contribution in [0.25, 0.3) is 11.3 Å². The Bertz CT molecular complexity index is 1370. The summed E-state index contributed by atoms with van der Waals surface area (Å²) in [4.78, 5) is 51.5. The summed E-state index contributed by atoms with van der Waals surface area (Å²) in [5, 5.41) is 16.0. The molecule has 1 aromatic heterocycles. The van der Waals surface area contributed by atoms with Gasteiger partial charge in [-0.1, -0.05) is 22.8 Å². The topological polar surface area (TPSA) is 127 Å². The van der Waals surface area contributed by atoms with Crippen molar-refractivity contribution in [2.24, 2.45) is 0 Å². The number of halogens is 1. The van der Waals surface area contributed by atoms with Gasteiger partial charge in [0.2, 0.25) is 5.91 Å². The van der Waals surface area contributed by atoms with Crippen LogP contribution in [0.15, 0.2) is 47.0 Å². The Hall–Kier alpha value is -4.05. The second-order valence-electron chi connectivity index (χ2n) is 8.33. The monoisotopic (exact) mass is 494 g/mol. The fraction of sp³-hybridized carbons (Fsp3) is 0.250. The van der Waals surface area contributed by atoms with E-state index in [2.05, 4.69) is 5.16 Å². The standard InChI is InChI=1S/C24H19ClN4O6/c25-15-8-6-14(7-9-15)22-17-13-27(12-10-18(17)26-35-22)20(30)5-2-11-28-23(31)16-3-1-4-19(29(33)34)21(16)24(28)32/h1,3-4,6-9H,2,5,10-13H2. The first-order chi connectivity index (χ1) is 16.8. The molecule has 0 radical (unpaired) electrons. The van der Waals surface area contributed by atoms with Crippen LogP contribution < -0.4 is 0 Å². The zero-order chi connectivity index (χ0) is 24.7. The van der Waals surface area contributed by atoms with E-state index in [1.54, 1.807) is 17.0 Å². The molecule has 0 fully saturated rings. The molecule has 35 heavy (non-hydrogen) atoms. The maximum atomic E-state index is 12.9. The molecule has 11 heteroatoms. The summed E-state index contributed by atoms with van der Waals surface area (Å²) in [6.45, 7) is 0.824. The zero-order valence-electron chi connectivity index (χ0n) is 18.4. The average Bonchev–Trinajstić information content (AvgIpc) is 3.38. The largest absolute Gasteiger partial charge is 0.356 e. The van der Waals surface area contributed by atoms with Crippen LogP contribution >= 0.6 is 11.6 Å². The summed E-state index contributed by atoms with van der Waals surface area (Å²) in [7, 11) is 0. The lowest BCUT2D eigenvalue weighted by Gasteiger charge is -2.26. The van der Waals surface area contributed by atoms with Crippen molar-refractivity contribution in [3.63, 3.8) is 0 Å². The van der Waals surface area contributed by atoms with Crippen molar-refractivity contribution >= 4 is 35.0 Å². The summed E-state index contributed by atoms with van der Waals surface area (Å²) in [5.74, 6) is -0.812. The van der Waals surface area contributed by atoms with Crippen LogP contribution in [-0.2, 0) is 17.8 Å². The van der Waals surface area contributed by atoms with Crippen molar-refractivity contribution in [1.29, 1.82) is 0 Å². The second kappa shape index (κ2) is 8.95. The molecule has 3 aromatic rings. The third kappa shape index (κ3) is 4.06. The minimum absolute atomic E-state index is 0.00236. The van der Waals surface area contributed by atoms with E-state index in [1.807, 2.05) is 12.1 Å². The first-order valence-electron chi connectivity index (χ1n) is 11.0. The lowest BCUT2D eigenvalue weighted by atomic mass is 10.0. The highest BCUT2D eigenvalue weighted by molar-refractivity contribution is 6.30. The fourth-order valence-corrected chi connectivity index (χ4v) is 4.60. The summed E-state index contributed by atoms with van der Waals surface area (Å²) in [5.41, 5.74) is 1.90. The lowest BCUT2D eigenvalue weighted by molar-refractivity contribution is -0.385. The molecule has 3 heterocycles. The maximum absolute atomic E-state index is 12.9. The van der Waals surface area contributed by atoms with Gasteiger partial charge in [-0.25, -0.2) is 0 Å². The van der Waals surface area contributed by atoms with Crippen molar-refractivity contribution in [2.75, 3.05) is 13.1 Å². The highest BCUT2D eigenvalue weighted by Gasteiger charge is 2.40. The number of benzene rings is 2. The van der Waals surface area contributed by atoms with E-state index in [0.717, 1.165) is 21.7 Å². The van der Waals surface area contributed by atoms with Crippen LogP contribution in [0.1, 0.15) is 44.8 Å². The maximum Gasteiger partial charge on any atom is 0.282 e. The van der Waals surface area contributed by atoms with Crippen LogP contribution in [0.3, 0.4) is 0 Å². The molecule has 0 spiro atoms. The third-order valence-corrected chi connectivity index (χ3v) is 6.49. The number of nitro groups is 1. The van der Waals surface area contributed by atoms with Gasteiger partial charge in [0.1, 0.15) is 5.56 Å². The molecule has 10 nitrogen and oxygen atoms in total. The summed E-state index contributed by atoms with van der Waals surface area (Å²) in [6.07, 6.45) is 0.918. The molecule has 0 unspecified atom stereocenters. The number of rotatable bonds is 6. The quantitative estimate of drug-likeness (QED) is 0.289. The van der Waals surface area contributed by atoms with Gasteiger partial charge in [-0.3, -0.25) is 29.4 Å². The molecule has 0 saturated heterocycles. The fourth-order valence-electron chi connectivity index (χ4n) is 4.47. The van der Waals surface area contributed by atoms with Gasteiger partial charge in [0.05, 0.1) is 22.7 Å². The van der Waals surface area contributed by atoms with Crippen LogP contribution in [0, 0.1) is 10.1 Å². The Morgan fingerprint density at radius 3 is 2.66 bits per heavy atom. The Balaban J connectivity index is 1.22. The van der Waals surface area contributed by atoms with Gasteiger partial charge in [0.15, 0.2) is 5.76 Å². The van der Waals surface area contributed by atoms with Crippen molar-refractivity contribution in [3.8, 4) is 11.3 Å². The van der Waals surface area contributed by atoms with E-state index in [0.29, 0.717) is 30.3 Å². The number of carbonyl (C=O) groups excluding carboxylic acids is 3. The number of aromatic nitrogens is 1. The van der Waals surface area contributed by atoms with Gasteiger partial charge in [-0.05, 0) is 36.8 Å². The van der Waals surface area contributed by atoms with E-state index >= 15 is 0 Å². The number of hydrogen-bond acceptors (Lipinski definition) is 7. The Morgan fingerprint density at radius 1 is 1.14 bits per heavy atom. The molecule has 0 saturated carbocycles. The van der Waals surface area contributed by atoms with E-state index in [4.69, 9.17) is 16.1 Å². The molecule has 3 amide bonds. The number of imide groups is 1. The molecule has 0 bridgehead atoms. The summed E-state index contributed by atoms with van der Waals surface area (Å²) in [6, 6.07) is 11.1. The smallest absolute Gasteiger partial charge is 0.282 e. The number of hydrogen-bond donors (Lipinski definition) is 0. The molecule has 2 aliphatic heterocycles. The number of fused-ring (bicyclic) bond motifs is 2. The zero-order valence-corrected chi connectivity index (χ0v) is 19.2. The SMILES string of the molecule is O=C(CCCN1C(=O)c2cccc([N+](=O)[O-])c2C1=O)N1CCc2noc(-c3ccc(Cl)cc3)c2C1. The van der Waals surface area contributed by atoms with Crippen molar-refractivity contribution in [1.82, 2.24) is 15.0 Å². The minimum Gasteiger partial charge on any atom is -0.356 e. The first kappa shape index (κ1) is 22.7. The molecule has 0 atom stereocenters. The number of nitro benzene ring substituents is 1. The summed E-state index contributed by atoms with van der Waals surface area (Å²) >= 11 is 5.97. The van der Waals surface area contributed by atoms with Crippen LogP contribution in [0.2, 0.25) is 5.02 Å². The van der Waals surface area contributed by atoms with Crippen LogP contribution in [0.5, 0.6) is 0 Å². The average molecular weight is 495 g/mol. The van der Waals surface area contributed by atoms with E-state index in [9.17, 15) is 24.5 Å².